The number of hydrogen-bond acceptors (Lipinski definition) is 3. The molecule has 0 fully saturated rings. The molecule has 0 radical (unpaired) electrons. The molecule has 98 valence electrons. The first kappa shape index (κ1) is 14.2. The minimum absolute atomic E-state index is 0.122. The summed E-state index contributed by atoms with van der Waals surface area (Å²) in [7, 11) is 0. The lowest BCUT2D eigenvalue weighted by Crippen LogP contribution is -2.04. The van der Waals surface area contributed by atoms with Crippen molar-refractivity contribution in [2.45, 2.75) is 26.7 Å². The molecule has 1 N–H and O–H groups in total. The molecule has 0 aliphatic rings. The fraction of sp³-hybridized carbons (Fsp3) is 0.357. The zero-order valence-electron chi connectivity index (χ0n) is 10.6. The van der Waals surface area contributed by atoms with Crippen LogP contribution < -0.4 is 4.74 Å². The monoisotopic (exact) mass is 252 g/mol. The molecule has 3 nitrogen and oxygen atoms in total. The number of ether oxygens (including phenoxy) is 1. The van der Waals surface area contributed by atoms with E-state index in [-0.39, 0.29) is 11.3 Å². The third kappa shape index (κ3) is 4.20. The Bertz CT molecular complexity index is 448. The normalized spacial score (nSPS) is 11.4. The van der Waals surface area contributed by atoms with Crippen LogP contribution in [0.1, 0.15) is 37.0 Å². The fourth-order valence-electron chi connectivity index (χ4n) is 1.41. The number of aliphatic hydroxyl groups is 1. The molecule has 0 aliphatic heterocycles. The number of carbonyl (C=O) groups is 1. The number of benzene rings is 1. The van der Waals surface area contributed by atoms with Gasteiger partial charge in [-0.3, -0.25) is 4.79 Å². The molecule has 0 heterocycles. The SMILES string of the molecule is CCCCOc1ccc(F)cc1C(=O)/C=C(/C)O. The molecule has 0 aliphatic carbocycles. The van der Waals surface area contributed by atoms with Gasteiger partial charge in [0.2, 0.25) is 0 Å². The second-order valence-electron chi connectivity index (χ2n) is 3.99. The molecule has 0 unspecified atom stereocenters. The van der Waals surface area contributed by atoms with Gasteiger partial charge in [0.25, 0.3) is 0 Å². The van der Waals surface area contributed by atoms with Crippen LogP contribution in [-0.4, -0.2) is 17.5 Å². The Labute approximate surface area is 106 Å². The summed E-state index contributed by atoms with van der Waals surface area (Å²) < 4.78 is 18.6. The van der Waals surface area contributed by atoms with Gasteiger partial charge in [0.1, 0.15) is 11.6 Å². The van der Waals surface area contributed by atoms with Gasteiger partial charge >= 0.3 is 0 Å². The molecule has 0 atom stereocenters. The Hall–Kier alpha value is -1.84. The van der Waals surface area contributed by atoms with E-state index in [1.807, 2.05) is 6.92 Å². The molecule has 1 rings (SSSR count). The van der Waals surface area contributed by atoms with Crippen LogP contribution in [0.3, 0.4) is 0 Å². The maximum atomic E-state index is 13.1. The molecule has 0 spiro atoms. The van der Waals surface area contributed by atoms with Gasteiger partial charge in [-0.1, -0.05) is 13.3 Å². The summed E-state index contributed by atoms with van der Waals surface area (Å²) >= 11 is 0. The summed E-state index contributed by atoms with van der Waals surface area (Å²) in [5.41, 5.74) is 0.125. The van der Waals surface area contributed by atoms with Crippen molar-refractivity contribution in [2.24, 2.45) is 0 Å². The lowest BCUT2D eigenvalue weighted by molar-refractivity contribution is 0.103. The third-order valence-electron chi connectivity index (χ3n) is 2.30. The summed E-state index contributed by atoms with van der Waals surface area (Å²) in [5.74, 6) is -0.762. The van der Waals surface area contributed by atoms with Crippen LogP contribution in [0, 0.1) is 5.82 Å². The van der Waals surface area contributed by atoms with Gasteiger partial charge in [-0.2, -0.15) is 0 Å². The number of hydrogen-bond donors (Lipinski definition) is 1. The Morgan fingerprint density at radius 1 is 1.50 bits per heavy atom. The van der Waals surface area contributed by atoms with Crippen LogP contribution in [0.2, 0.25) is 0 Å². The Morgan fingerprint density at radius 2 is 2.22 bits per heavy atom. The Morgan fingerprint density at radius 3 is 2.83 bits per heavy atom. The van der Waals surface area contributed by atoms with Crippen LogP contribution in [0.4, 0.5) is 4.39 Å². The molecule has 0 saturated heterocycles. The van der Waals surface area contributed by atoms with Gasteiger partial charge in [0.15, 0.2) is 5.78 Å². The molecule has 18 heavy (non-hydrogen) atoms. The summed E-state index contributed by atoms with van der Waals surface area (Å²) in [5, 5.41) is 9.06. The minimum atomic E-state index is -0.509. The van der Waals surface area contributed by atoms with Crippen molar-refractivity contribution >= 4 is 5.78 Å². The lowest BCUT2D eigenvalue weighted by Gasteiger charge is -2.09. The maximum absolute atomic E-state index is 13.1. The number of aliphatic hydroxyl groups excluding tert-OH is 1. The van der Waals surface area contributed by atoms with Crippen LogP contribution >= 0.6 is 0 Å². The average molecular weight is 252 g/mol. The van der Waals surface area contributed by atoms with Crippen molar-refractivity contribution in [1.29, 1.82) is 0 Å². The minimum Gasteiger partial charge on any atom is -0.512 e. The summed E-state index contributed by atoms with van der Waals surface area (Å²) in [6.45, 7) is 3.89. The van der Waals surface area contributed by atoms with E-state index in [1.165, 1.54) is 19.1 Å². The predicted octanol–water partition coefficient (Wildman–Crippen LogP) is 3.65. The zero-order valence-corrected chi connectivity index (χ0v) is 10.6. The van der Waals surface area contributed by atoms with Crippen molar-refractivity contribution in [3.63, 3.8) is 0 Å². The quantitative estimate of drug-likeness (QED) is 0.364. The van der Waals surface area contributed by atoms with Crippen molar-refractivity contribution < 1.29 is 19.0 Å². The van der Waals surface area contributed by atoms with Crippen molar-refractivity contribution in [3.8, 4) is 5.75 Å². The van der Waals surface area contributed by atoms with Gasteiger partial charge in [-0.25, -0.2) is 4.39 Å². The first-order valence-electron chi connectivity index (χ1n) is 5.88. The van der Waals surface area contributed by atoms with Crippen LogP contribution in [-0.2, 0) is 0 Å². The van der Waals surface area contributed by atoms with E-state index in [4.69, 9.17) is 9.84 Å². The highest BCUT2D eigenvalue weighted by atomic mass is 19.1. The fourth-order valence-corrected chi connectivity index (χ4v) is 1.41. The highest BCUT2D eigenvalue weighted by Gasteiger charge is 2.12. The highest BCUT2D eigenvalue weighted by molar-refractivity contribution is 6.06. The summed E-state index contributed by atoms with van der Waals surface area (Å²) in [4.78, 5) is 11.8. The van der Waals surface area contributed by atoms with Crippen LogP contribution in [0.25, 0.3) is 0 Å². The van der Waals surface area contributed by atoms with Crippen molar-refractivity contribution in [2.75, 3.05) is 6.61 Å². The summed E-state index contributed by atoms with van der Waals surface area (Å²) in [6, 6.07) is 3.79. The number of halogens is 1. The van der Waals surface area contributed by atoms with Crippen molar-refractivity contribution in [3.05, 3.63) is 41.4 Å². The number of rotatable bonds is 6. The number of carbonyl (C=O) groups excluding carboxylic acids is 1. The topological polar surface area (TPSA) is 46.5 Å². The molecule has 0 bridgehead atoms. The third-order valence-corrected chi connectivity index (χ3v) is 2.30. The number of allylic oxidation sites excluding steroid dienone is 2. The van der Waals surface area contributed by atoms with Gasteiger partial charge in [0.05, 0.1) is 17.9 Å². The maximum Gasteiger partial charge on any atom is 0.192 e. The van der Waals surface area contributed by atoms with Gasteiger partial charge in [0, 0.05) is 6.08 Å². The number of ketones is 1. The first-order valence-corrected chi connectivity index (χ1v) is 5.88. The Balaban J connectivity index is 2.96. The predicted molar refractivity (Wildman–Crippen MR) is 67.5 cm³/mol. The molecule has 1 aromatic carbocycles. The van der Waals surface area contributed by atoms with E-state index in [2.05, 4.69) is 0 Å². The largest absolute Gasteiger partial charge is 0.512 e. The second-order valence-corrected chi connectivity index (χ2v) is 3.99. The Kier molecular flexibility index (Phi) is 5.36. The van der Waals surface area contributed by atoms with E-state index in [0.717, 1.165) is 25.0 Å². The van der Waals surface area contributed by atoms with E-state index < -0.39 is 11.6 Å². The molecule has 0 amide bonds. The average Bonchev–Trinajstić information content (AvgIpc) is 2.30. The van der Waals surface area contributed by atoms with Gasteiger partial charge in [-0.15, -0.1) is 0 Å². The molecule has 1 aromatic rings. The zero-order chi connectivity index (χ0) is 13.5. The van der Waals surface area contributed by atoms with E-state index in [1.54, 1.807) is 0 Å². The molecule has 0 saturated carbocycles. The molecular formula is C14H17FO3. The van der Waals surface area contributed by atoms with E-state index in [9.17, 15) is 9.18 Å². The van der Waals surface area contributed by atoms with Crippen LogP contribution in [0.5, 0.6) is 5.75 Å². The molecule has 0 aromatic heterocycles. The molecule has 4 heteroatoms. The van der Waals surface area contributed by atoms with E-state index >= 15 is 0 Å². The summed E-state index contributed by atoms with van der Waals surface area (Å²) in [6.07, 6.45) is 2.88. The lowest BCUT2D eigenvalue weighted by atomic mass is 10.1. The van der Waals surface area contributed by atoms with Crippen molar-refractivity contribution in [1.82, 2.24) is 0 Å². The van der Waals surface area contributed by atoms with Gasteiger partial charge < -0.3 is 9.84 Å². The first-order chi connectivity index (χ1) is 8.54. The highest BCUT2D eigenvalue weighted by Crippen LogP contribution is 2.21. The molecular weight excluding hydrogens is 235 g/mol. The standard InChI is InChI=1S/C14H17FO3/c1-3-4-7-18-14-6-5-11(15)9-12(14)13(17)8-10(2)16/h5-6,8-9,16H,3-4,7H2,1-2H3/b10-8-. The van der Waals surface area contributed by atoms with Gasteiger partial charge in [-0.05, 0) is 31.5 Å². The smallest absolute Gasteiger partial charge is 0.192 e. The second kappa shape index (κ2) is 6.79. The number of unbranched alkanes of at least 4 members (excludes halogenated alkanes) is 1. The van der Waals surface area contributed by atoms with E-state index in [0.29, 0.717) is 12.4 Å². The van der Waals surface area contributed by atoms with Crippen LogP contribution in [0.15, 0.2) is 30.0 Å².